The molecule has 0 spiro atoms. The van der Waals surface area contributed by atoms with Gasteiger partial charge in [0, 0.05) is 0 Å². The molecule has 3 N–H and O–H groups in total. The van der Waals surface area contributed by atoms with E-state index in [0.29, 0.717) is 12.9 Å². The average Bonchev–Trinajstić information content (AvgIpc) is 2.34. The molecule has 0 heterocycles. The molecule has 0 aromatic heterocycles. The molecule has 0 aromatic carbocycles. The number of unbranched alkanes of at least 4 members (excludes halogenated alkanes) is 7. The maximum Gasteiger partial charge on any atom is 0.319 e. The molecule has 0 radical (unpaired) electrons. The van der Waals surface area contributed by atoms with Crippen LogP contribution in [-0.4, -0.2) is 38.3 Å². The van der Waals surface area contributed by atoms with Crippen LogP contribution in [-0.2, 0) is 19.6 Å². The van der Waals surface area contributed by atoms with Crippen LogP contribution in [0.4, 0.5) is 0 Å². The van der Waals surface area contributed by atoms with Crippen LogP contribution >= 0.6 is 0 Å². The Morgan fingerprint density at radius 2 is 1.45 bits per heavy atom. The Hall–Kier alpha value is -0.660. The molecule has 0 amide bonds. The highest BCUT2D eigenvalue weighted by atomic mass is 32.2. The first kappa shape index (κ1) is 21.6. The minimum atomic E-state index is -3.67. The SMILES string of the molecule is CCCCCCCCCCOC(=O)CN.CS(=O)(=O)O. The summed E-state index contributed by atoms with van der Waals surface area (Å²) in [7, 11) is -3.67. The van der Waals surface area contributed by atoms with Gasteiger partial charge in [0.2, 0.25) is 0 Å². The van der Waals surface area contributed by atoms with E-state index in [1.165, 1.54) is 38.5 Å². The summed E-state index contributed by atoms with van der Waals surface area (Å²) in [5.74, 6) is -0.294. The van der Waals surface area contributed by atoms with E-state index in [1.54, 1.807) is 0 Å². The Morgan fingerprint density at radius 3 is 1.85 bits per heavy atom. The maximum absolute atomic E-state index is 10.7. The van der Waals surface area contributed by atoms with Gasteiger partial charge in [0.05, 0.1) is 19.4 Å². The van der Waals surface area contributed by atoms with Crippen molar-refractivity contribution < 1.29 is 22.5 Å². The van der Waals surface area contributed by atoms with Crippen molar-refractivity contribution in [3.8, 4) is 0 Å². The predicted molar refractivity (Wildman–Crippen MR) is 80.1 cm³/mol. The largest absolute Gasteiger partial charge is 0.465 e. The molecule has 0 atom stereocenters. The van der Waals surface area contributed by atoms with E-state index >= 15 is 0 Å². The Labute approximate surface area is 122 Å². The third-order valence-corrected chi connectivity index (χ3v) is 2.43. The summed E-state index contributed by atoms with van der Waals surface area (Å²) in [6.45, 7) is 2.76. The zero-order valence-electron chi connectivity index (χ0n) is 12.6. The number of esters is 1. The molecule has 0 aliphatic heterocycles. The summed E-state index contributed by atoms with van der Waals surface area (Å²) >= 11 is 0. The minimum Gasteiger partial charge on any atom is -0.465 e. The Morgan fingerprint density at radius 1 is 1.05 bits per heavy atom. The number of ether oxygens (including phenoxy) is 1. The quantitative estimate of drug-likeness (QED) is 0.363. The van der Waals surface area contributed by atoms with Gasteiger partial charge in [-0.05, 0) is 6.42 Å². The van der Waals surface area contributed by atoms with Crippen molar-refractivity contribution in [2.75, 3.05) is 19.4 Å². The first-order valence-corrected chi connectivity index (χ1v) is 8.94. The lowest BCUT2D eigenvalue weighted by Crippen LogP contribution is -2.17. The van der Waals surface area contributed by atoms with Crippen molar-refractivity contribution in [2.24, 2.45) is 5.73 Å². The van der Waals surface area contributed by atoms with Gasteiger partial charge < -0.3 is 10.5 Å². The van der Waals surface area contributed by atoms with Crippen molar-refractivity contribution in [3.05, 3.63) is 0 Å². The van der Waals surface area contributed by atoms with Gasteiger partial charge in [0.25, 0.3) is 10.1 Å². The lowest BCUT2D eigenvalue weighted by Gasteiger charge is -2.03. The number of nitrogens with two attached hydrogens (primary N) is 1. The highest BCUT2D eigenvalue weighted by molar-refractivity contribution is 7.85. The summed E-state index contributed by atoms with van der Waals surface area (Å²) in [6, 6.07) is 0. The van der Waals surface area contributed by atoms with Crippen LogP contribution < -0.4 is 5.73 Å². The minimum absolute atomic E-state index is 0.00296. The molecule has 0 unspecified atom stereocenters. The second kappa shape index (κ2) is 14.7. The molecule has 0 fully saturated rings. The van der Waals surface area contributed by atoms with E-state index in [4.69, 9.17) is 15.0 Å². The summed E-state index contributed by atoms with van der Waals surface area (Å²) in [5, 5.41) is 0. The fourth-order valence-electron chi connectivity index (χ4n) is 1.48. The summed E-state index contributed by atoms with van der Waals surface area (Å²) in [6.07, 6.45) is 10.8. The topological polar surface area (TPSA) is 107 Å². The molecular weight excluding hydrogens is 282 g/mol. The molecular formula is C13H29NO5S. The average molecular weight is 311 g/mol. The lowest BCUT2D eigenvalue weighted by molar-refractivity contribution is -0.142. The van der Waals surface area contributed by atoms with Crippen LogP contribution in [0.2, 0.25) is 0 Å². The third kappa shape index (κ3) is 30.4. The van der Waals surface area contributed by atoms with Crippen molar-refractivity contribution >= 4 is 16.1 Å². The molecule has 0 saturated carbocycles. The fraction of sp³-hybridized carbons (Fsp3) is 0.923. The predicted octanol–water partition coefficient (Wildman–Crippen LogP) is 2.13. The van der Waals surface area contributed by atoms with Crippen LogP contribution in [0, 0.1) is 0 Å². The van der Waals surface area contributed by atoms with E-state index in [0.717, 1.165) is 12.8 Å². The normalized spacial score (nSPS) is 10.6. The lowest BCUT2D eigenvalue weighted by atomic mass is 10.1. The second-order valence-corrected chi connectivity index (χ2v) is 6.10. The Bertz CT molecular complexity index is 309. The van der Waals surface area contributed by atoms with Crippen molar-refractivity contribution in [3.63, 3.8) is 0 Å². The Kier molecular flexibility index (Phi) is 15.9. The first-order chi connectivity index (χ1) is 9.31. The van der Waals surface area contributed by atoms with Crippen LogP contribution in [0.5, 0.6) is 0 Å². The zero-order chi connectivity index (χ0) is 15.9. The highest BCUT2D eigenvalue weighted by Crippen LogP contribution is 2.08. The molecule has 0 rings (SSSR count). The van der Waals surface area contributed by atoms with Gasteiger partial charge in [-0.25, -0.2) is 0 Å². The van der Waals surface area contributed by atoms with Gasteiger partial charge in [0.1, 0.15) is 0 Å². The molecule has 20 heavy (non-hydrogen) atoms. The molecule has 122 valence electrons. The molecule has 0 saturated heterocycles. The molecule has 0 aliphatic carbocycles. The highest BCUT2D eigenvalue weighted by Gasteiger charge is 1.97. The second-order valence-electron chi connectivity index (χ2n) is 4.63. The van der Waals surface area contributed by atoms with Crippen LogP contribution in [0.15, 0.2) is 0 Å². The van der Waals surface area contributed by atoms with Crippen LogP contribution in [0.3, 0.4) is 0 Å². The van der Waals surface area contributed by atoms with Gasteiger partial charge in [-0.1, -0.05) is 51.9 Å². The fourth-order valence-corrected chi connectivity index (χ4v) is 1.48. The van der Waals surface area contributed by atoms with Crippen molar-refractivity contribution in [1.29, 1.82) is 0 Å². The molecule has 0 aromatic rings. The van der Waals surface area contributed by atoms with Gasteiger partial charge in [0.15, 0.2) is 0 Å². The third-order valence-electron chi connectivity index (χ3n) is 2.43. The van der Waals surface area contributed by atoms with E-state index in [-0.39, 0.29) is 12.5 Å². The summed E-state index contributed by atoms with van der Waals surface area (Å²) in [4.78, 5) is 10.7. The standard InChI is InChI=1S/C12H25NO2.CH4O3S/c1-2-3-4-5-6-7-8-9-10-15-12(14)11-13;1-5(2,3)4/h2-11,13H2,1H3;1H3,(H,2,3,4). The molecule has 0 bridgehead atoms. The molecule has 6 nitrogen and oxygen atoms in total. The Balaban J connectivity index is 0. The number of carbonyl (C=O) groups excluding carboxylic acids is 1. The summed E-state index contributed by atoms with van der Waals surface area (Å²) in [5.41, 5.74) is 5.11. The number of rotatable bonds is 10. The van der Waals surface area contributed by atoms with E-state index in [2.05, 4.69) is 6.92 Å². The van der Waals surface area contributed by atoms with Crippen LogP contribution in [0.1, 0.15) is 58.3 Å². The van der Waals surface area contributed by atoms with Gasteiger partial charge in [-0.15, -0.1) is 0 Å². The van der Waals surface area contributed by atoms with Gasteiger partial charge in [-0.3, -0.25) is 9.35 Å². The monoisotopic (exact) mass is 311 g/mol. The zero-order valence-corrected chi connectivity index (χ0v) is 13.5. The van der Waals surface area contributed by atoms with Crippen molar-refractivity contribution in [1.82, 2.24) is 0 Å². The number of hydrogen-bond acceptors (Lipinski definition) is 5. The van der Waals surface area contributed by atoms with E-state index in [9.17, 15) is 13.2 Å². The molecule has 7 heteroatoms. The smallest absolute Gasteiger partial charge is 0.319 e. The summed E-state index contributed by atoms with van der Waals surface area (Å²) < 4.78 is 30.7. The first-order valence-electron chi connectivity index (χ1n) is 7.09. The van der Waals surface area contributed by atoms with Crippen LogP contribution in [0.25, 0.3) is 0 Å². The number of hydrogen-bond donors (Lipinski definition) is 2. The molecule has 0 aliphatic rings. The van der Waals surface area contributed by atoms with Gasteiger partial charge >= 0.3 is 5.97 Å². The van der Waals surface area contributed by atoms with E-state index in [1.807, 2.05) is 0 Å². The van der Waals surface area contributed by atoms with E-state index < -0.39 is 10.1 Å². The van der Waals surface area contributed by atoms with Gasteiger partial charge in [-0.2, -0.15) is 8.42 Å². The maximum atomic E-state index is 10.7. The van der Waals surface area contributed by atoms with Crippen molar-refractivity contribution in [2.45, 2.75) is 58.3 Å². The number of carbonyl (C=O) groups is 1.